The average Bonchev–Trinajstić information content (AvgIpc) is 2.60. The van der Waals surface area contributed by atoms with Crippen molar-refractivity contribution in [3.05, 3.63) is 34.3 Å². The zero-order valence-electron chi connectivity index (χ0n) is 12.7. The summed E-state index contributed by atoms with van der Waals surface area (Å²) >= 11 is 6.06. The highest BCUT2D eigenvalue weighted by atomic mass is 35.5. The maximum absolute atomic E-state index is 9.63. The molecule has 0 spiro atoms. The molecular weight excluding hydrogens is 290 g/mol. The number of aliphatic hydroxyl groups excluding tert-OH is 1. The molecule has 1 aliphatic rings. The number of aliphatic hydroxyl groups is 1. The number of halogens is 1. The first kappa shape index (κ1) is 16.4. The van der Waals surface area contributed by atoms with E-state index in [-0.39, 0.29) is 17.4 Å². The van der Waals surface area contributed by atoms with Crippen LogP contribution in [-0.2, 0) is 9.31 Å². The molecule has 0 aromatic heterocycles. The third kappa shape index (κ3) is 3.11. The molecule has 2 N–H and O–H groups in total. The number of hydrogen-bond acceptors (Lipinski definition) is 4. The highest BCUT2D eigenvalue weighted by Gasteiger charge is 2.52. The molecule has 6 heteroatoms. The van der Waals surface area contributed by atoms with Gasteiger partial charge >= 0.3 is 7.12 Å². The first-order chi connectivity index (χ1) is 9.68. The van der Waals surface area contributed by atoms with Crippen LogP contribution < -0.4 is 0 Å². The molecule has 0 amide bonds. The van der Waals surface area contributed by atoms with Gasteiger partial charge in [-0.25, -0.2) is 0 Å². The van der Waals surface area contributed by atoms with E-state index < -0.39 is 18.3 Å². The van der Waals surface area contributed by atoms with Gasteiger partial charge in [-0.1, -0.05) is 29.8 Å². The first-order valence-corrected chi connectivity index (χ1v) is 7.20. The van der Waals surface area contributed by atoms with Gasteiger partial charge in [0.05, 0.1) is 22.8 Å². The summed E-state index contributed by atoms with van der Waals surface area (Å²) in [6.45, 7) is 7.57. The van der Waals surface area contributed by atoms with Crippen molar-refractivity contribution in [1.82, 2.24) is 0 Å². The van der Waals surface area contributed by atoms with Crippen LogP contribution in [0.3, 0.4) is 0 Å². The van der Waals surface area contributed by atoms with Crippen LogP contribution >= 0.6 is 11.6 Å². The monoisotopic (exact) mass is 310 g/mol. The van der Waals surface area contributed by atoms with Gasteiger partial charge < -0.3 is 19.5 Å². The molecule has 4 nitrogen and oxygen atoms in total. The molecule has 0 aliphatic carbocycles. The third-order valence-electron chi connectivity index (χ3n) is 4.09. The topological polar surface area (TPSA) is 58.9 Å². The van der Waals surface area contributed by atoms with Crippen LogP contribution in [0.15, 0.2) is 23.7 Å². The standard InChI is InChI=1S/C15H20BClO4/c1-14(2)15(3,4)21-16(20-14)11(9-18)8-10-6-5-7-12(19)13(10)17/h5-8,18-19H,9H2,1-4H3. The Hall–Kier alpha value is -1.01. The van der Waals surface area contributed by atoms with Crippen LogP contribution in [0.5, 0.6) is 5.75 Å². The number of phenolic OH excluding ortho intramolecular Hbond substituents is 1. The van der Waals surface area contributed by atoms with Crippen molar-refractivity contribution in [1.29, 1.82) is 0 Å². The molecule has 1 aromatic carbocycles. The van der Waals surface area contributed by atoms with E-state index in [2.05, 4.69) is 0 Å². The molecule has 0 unspecified atom stereocenters. The minimum atomic E-state index is -0.640. The maximum Gasteiger partial charge on any atom is 0.492 e. The molecule has 1 heterocycles. The summed E-state index contributed by atoms with van der Waals surface area (Å²) in [5, 5.41) is 19.5. The fraction of sp³-hybridized carbons (Fsp3) is 0.467. The molecule has 1 aromatic rings. The summed E-state index contributed by atoms with van der Waals surface area (Å²) in [7, 11) is -0.640. The minimum Gasteiger partial charge on any atom is -0.506 e. The van der Waals surface area contributed by atoms with E-state index in [1.165, 1.54) is 6.07 Å². The summed E-state index contributed by atoms with van der Waals surface area (Å²) in [4.78, 5) is 0. The van der Waals surface area contributed by atoms with Crippen molar-refractivity contribution < 1.29 is 19.5 Å². The highest BCUT2D eigenvalue weighted by Crippen LogP contribution is 2.39. The van der Waals surface area contributed by atoms with Crippen LogP contribution in [0.2, 0.25) is 5.02 Å². The Balaban J connectivity index is 2.33. The van der Waals surface area contributed by atoms with Crippen LogP contribution in [-0.4, -0.2) is 35.1 Å². The molecule has 2 rings (SSSR count). The molecule has 0 atom stereocenters. The summed E-state index contributed by atoms with van der Waals surface area (Å²) in [5.41, 5.74) is 0.208. The number of hydrogen-bond donors (Lipinski definition) is 2. The van der Waals surface area contributed by atoms with Crippen molar-refractivity contribution >= 4 is 24.8 Å². The average molecular weight is 311 g/mol. The van der Waals surface area contributed by atoms with E-state index in [0.29, 0.717) is 11.0 Å². The van der Waals surface area contributed by atoms with Gasteiger partial charge in [0.2, 0.25) is 0 Å². The minimum absolute atomic E-state index is 0.00313. The van der Waals surface area contributed by atoms with Gasteiger partial charge in [-0.3, -0.25) is 0 Å². The van der Waals surface area contributed by atoms with E-state index in [1.54, 1.807) is 18.2 Å². The van der Waals surface area contributed by atoms with Crippen molar-refractivity contribution in [2.75, 3.05) is 6.61 Å². The lowest BCUT2D eigenvalue weighted by atomic mass is 9.77. The van der Waals surface area contributed by atoms with E-state index in [1.807, 2.05) is 27.7 Å². The van der Waals surface area contributed by atoms with E-state index >= 15 is 0 Å². The number of rotatable bonds is 3. The predicted molar refractivity (Wildman–Crippen MR) is 84.3 cm³/mol. The molecule has 1 aliphatic heterocycles. The molecule has 0 bridgehead atoms. The number of benzene rings is 1. The van der Waals surface area contributed by atoms with E-state index in [0.717, 1.165) is 0 Å². The summed E-state index contributed by atoms with van der Waals surface area (Å²) in [6.07, 6.45) is 1.68. The lowest BCUT2D eigenvalue weighted by Crippen LogP contribution is -2.41. The van der Waals surface area contributed by atoms with Crippen molar-refractivity contribution in [3.63, 3.8) is 0 Å². The predicted octanol–water partition coefficient (Wildman–Crippen LogP) is 3.05. The lowest BCUT2D eigenvalue weighted by Gasteiger charge is -2.32. The molecular formula is C15H20BClO4. The molecule has 1 fully saturated rings. The van der Waals surface area contributed by atoms with E-state index in [4.69, 9.17) is 20.9 Å². The quantitative estimate of drug-likeness (QED) is 0.843. The Morgan fingerprint density at radius 1 is 1.24 bits per heavy atom. The second-order valence-electron chi connectivity index (χ2n) is 6.15. The Kier molecular flexibility index (Phi) is 4.40. The Morgan fingerprint density at radius 3 is 2.33 bits per heavy atom. The third-order valence-corrected chi connectivity index (χ3v) is 4.50. The van der Waals surface area contributed by atoms with Crippen molar-refractivity contribution in [3.8, 4) is 5.75 Å². The van der Waals surface area contributed by atoms with E-state index in [9.17, 15) is 10.2 Å². The molecule has 0 saturated carbocycles. The Labute approximate surface area is 130 Å². The Morgan fingerprint density at radius 2 is 1.81 bits per heavy atom. The number of aromatic hydroxyl groups is 1. The zero-order valence-corrected chi connectivity index (χ0v) is 13.4. The first-order valence-electron chi connectivity index (χ1n) is 6.82. The fourth-order valence-corrected chi connectivity index (χ4v) is 2.21. The van der Waals surface area contributed by atoms with Crippen LogP contribution in [0.4, 0.5) is 0 Å². The van der Waals surface area contributed by atoms with Gasteiger partial charge in [-0.2, -0.15) is 0 Å². The second kappa shape index (κ2) is 5.65. The molecule has 114 valence electrons. The SMILES string of the molecule is CC1(C)OB(C(=Cc2cccc(O)c2Cl)CO)OC1(C)C. The molecule has 21 heavy (non-hydrogen) atoms. The van der Waals surface area contributed by atoms with Crippen LogP contribution in [0.1, 0.15) is 33.3 Å². The highest BCUT2D eigenvalue weighted by molar-refractivity contribution is 6.56. The maximum atomic E-state index is 9.63. The van der Waals surface area contributed by atoms with Crippen LogP contribution in [0.25, 0.3) is 6.08 Å². The summed E-state index contributed by atoms with van der Waals surface area (Å²) in [5.74, 6) is -0.00313. The fourth-order valence-electron chi connectivity index (χ4n) is 2.03. The normalized spacial score (nSPS) is 20.9. The van der Waals surface area contributed by atoms with Gasteiger partial charge in [0, 0.05) is 0 Å². The smallest absolute Gasteiger partial charge is 0.492 e. The van der Waals surface area contributed by atoms with Gasteiger partial charge in [-0.05, 0) is 44.8 Å². The number of phenols is 1. The summed E-state index contributed by atoms with van der Waals surface area (Å²) in [6, 6.07) is 4.95. The van der Waals surface area contributed by atoms with Gasteiger partial charge in [0.25, 0.3) is 0 Å². The van der Waals surface area contributed by atoms with Gasteiger partial charge in [0.15, 0.2) is 0 Å². The summed E-state index contributed by atoms with van der Waals surface area (Å²) < 4.78 is 11.8. The van der Waals surface area contributed by atoms with Crippen molar-refractivity contribution in [2.24, 2.45) is 0 Å². The van der Waals surface area contributed by atoms with Crippen LogP contribution in [0, 0.1) is 0 Å². The Bertz CT molecular complexity index is 553. The molecule has 1 saturated heterocycles. The zero-order chi connectivity index (χ0) is 15.8. The molecule has 0 radical (unpaired) electrons. The van der Waals surface area contributed by atoms with Crippen molar-refractivity contribution in [2.45, 2.75) is 38.9 Å². The van der Waals surface area contributed by atoms with Gasteiger partial charge in [0.1, 0.15) is 5.75 Å². The largest absolute Gasteiger partial charge is 0.506 e. The second-order valence-corrected chi connectivity index (χ2v) is 6.52. The lowest BCUT2D eigenvalue weighted by molar-refractivity contribution is 0.00578. The van der Waals surface area contributed by atoms with Gasteiger partial charge in [-0.15, -0.1) is 0 Å².